The van der Waals surface area contributed by atoms with E-state index in [-0.39, 0.29) is 0 Å². The number of hydrogen-bond donors (Lipinski definition) is 1. The molecule has 0 atom stereocenters. The van der Waals surface area contributed by atoms with Crippen LogP contribution in [0.3, 0.4) is 0 Å². The van der Waals surface area contributed by atoms with E-state index in [9.17, 15) is 0 Å². The lowest BCUT2D eigenvalue weighted by atomic mass is 10.2. The average Bonchev–Trinajstić information content (AvgIpc) is 2.15. The Kier molecular flexibility index (Phi) is 3.70. The smallest absolute Gasteiger partial charge is 0.118 e. The summed E-state index contributed by atoms with van der Waals surface area (Å²) < 4.78 is 4.99. The molecule has 0 fully saturated rings. The fourth-order valence-corrected chi connectivity index (χ4v) is 0.890. The van der Waals surface area contributed by atoms with Gasteiger partial charge in [-0.05, 0) is 17.7 Å². The lowest BCUT2D eigenvalue weighted by molar-refractivity contribution is -0.330. The Labute approximate surface area is 77.2 Å². The summed E-state index contributed by atoms with van der Waals surface area (Å²) >= 11 is 0. The van der Waals surface area contributed by atoms with Gasteiger partial charge in [-0.2, -0.15) is 0 Å². The maximum Gasteiger partial charge on any atom is 0.118 e. The largest absolute Gasteiger partial charge is 0.497 e. The van der Waals surface area contributed by atoms with Crippen LogP contribution < -0.4 is 4.74 Å². The third-order valence-corrected chi connectivity index (χ3v) is 1.58. The SMILES string of the molecule is COc1ccc(CON(C)O)cc1. The Hall–Kier alpha value is -1.10. The van der Waals surface area contributed by atoms with Crippen LogP contribution in [0.2, 0.25) is 0 Å². The Morgan fingerprint density at radius 3 is 2.38 bits per heavy atom. The minimum Gasteiger partial charge on any atom is -0.497 e. The lowest BCUT2D eigenvalue weighted by Gasteiger charge is -2.08. The molecule has 1 N–H and O–H groups in total. The van der Waals surface area contributed by atoms with Crippen molar-refractivity contribution in [1.29, 1.82) is 0 Å². The van der Waals surface area contributed by atoms with Crippen LogP contribution in [0.4, 0.5) is 0 Å². The van der Waals surface area contributed by atoms with Gasteiger partial charge < -0.3 is 4.74 Å². The zero-order valence-electron chi connectivity index (χ0n) is 7.73. The number of ether oxygens (including phenoxy) is 1. The van der Waals surface area contributed by atoms with Crippen molar-refractivity contribution in [2.75, 3.05) is 14.2 Å². The maximum absolute atomic E-state index is 8.70. The predicted octanol–water partition coefficient (Wildman–Crippen LogP) is 1.45. The highest BCUT2D eigenvalue weighted by Crippen LogP contribution is 2.11. The summed E-state index contributed by atoms with van der Waals surface area (Å²) in [4.78, 5) is 4.85. The Morgan fingerprint density at radius 2 is 1.92 bits per heavy atom. The summed E-state index contributed by atoms with van der Waals surface area (Å²) in [5.74, 6) is 0.807. The van der Waals surface area contributed by atoms with E-state index in [1.807, 2.05) is 24.3 Å². The van der Waals surface area contributed by atoms with Gasteiger partial charge >= 0.3 is 0 Å². The van der Waals surface area contributed by atoms with E-state index in [0.717, 1.165) is 11.3 Å². The monoisotopic (exact) mass is 183 g/mol. The molecule has 72 valence electrons. The van der Waals surface area contributed by atoms with Crippen LogP contribution in [0.15, 0.2) is 24.3 Å². The molecule has 0 spiro atoms. The van der Waals surface area contributed by atoms with Crippen molar-refractivity contribution in [1.82, 2.24) is 5.23 Å². The fraction of sp³-hybridized carbons (Fsp3) is 0.333. The first kappa shape index (κ1) is 9.98. The molecule has 0 aliphatic carbocycles. The number of benzene rings is 1. The van der Waals surface area contributed by atoms with E-state index in [1.165, 1.54) is 7.05 Å². The second-order valence-electron chi connectivity index (χ2n) is 2.59. The summed E-state index contributed by atoms with van der Waals surface area (Å²) in [6.45, 7) is 0.344. The molecule has 0 unspecified atom stereocenters. The lowest BCUT2D eigenvalue weighted by Crippen LogP contribution is -2.12. The summed E-state index contributed by atoms with van der Waals surface area (Å²) in [5, 5.41) is 9.39. The van der Waals surface area contributed by atoms with Crippen molar-refractivity contribution in [2.45, 2.75) is 6.61 Å². The normalized spacial score (nSPS) is 10.5. The first-order valence-corrected chi connectivity index (χ1v) is 3.91. The number of methoxy groups -OCH3 is 1. The molecule has 0 amide bonds. The van der Waals surface area contributed by atoms with Gasteiger partial charge in [0.2, 0.25) is 0 Å². The van der Waals surface area contributed by atoms with Crippen LogP contribution in [0.25, 0.3) is 0 Å². The number of hydroxylamine groups is 2. The van der Waals surface area contributed by atoms with E-state index >= 15 is 0 Å². The van der Waals surface area contributed by atoms with Gasteiger partial charge in [0.05, 0.1) is 13.7 Å². The first-order valence-electron chi connectivity index (χ1n) is 3.91. The summed E-state index contributed by atoms with van der Waals surface area (Å²) in [6, 6.07) is 7.44. The Morgan fingerprint density at radius 1 is 1.31 bits per heavy atom. The highest BCUT2D eigenvalue weighted by atomic mass is 16.9. The molecular formula is C9H13NO3. The van der Waals surface area contributed by atoms with E-state index in [4.69, 9.17) is 14.8 Å². The maximum atomic E-state index is 8.70. The molecule has 0 saturated carbocycles. The molecule has 0 saturated heterocycles. The summed E-state index contributed by atoms with van der Waals surface area (Å²) in [6.07, 6.45) is 0. The van der Waals surface area contributed by atoms with Gasteiger partial charge in [0.25, 0.3) is 0 Å². The molecule has 0 aliphatic rings. The van der Waals surface area contributed by atoms with Crippen LogP contribution in [-0.2, 0) is 11.4 Å². The fourth-order valence-electron chi connectivity index (χ4n) is 0.890. The zero-order valence-corrected chi connectivity index (χ0v) is 7.73. The van der Waals surface area contributed by atoms with Crippen LogP contribution in [0.5, 0.6) is 5.75 Å². The van der Waals surface area contributed by atoms with Crippen LogP contribution in [0.1, 0.15) is 5.56 Å². The third-order valence-electron chi connectivity index (χ3n) is 1.58. The topological polar surface area (TPSA) is 41.9 Å². The van der Waals surface area contributed by atoms with Gasteiger partial charge in [-0.15, -0.1) is 0 Å². The van der Waals surface area contributed by atoms with E-state index in [2.05, 4.69) is 0 Å². The number of nitrogens with zero attached hydrogens (tertiary/aromatic N) is 1. The molecular weight excluding hydrogens is 170 g/mol. The van der Waals surface area contributed by atoms with Gasteiger partial charge in [-0.25, -0.2) is 0 Å². The van der Waals surface area contributed by atoms with Crippen molar-refractivity contribution in [3.05, 3.63) is 29.8 Å². The Balaban J connectivity index is 2.49. The van der Waals surface area contributed by atoms with Gasteiger partial charge in [0, 0.05) is 7.05 Å². The summed E-state index contributed by atoms with van der Waals surface area (Å²) in [7, 11) is 3.04. The molecule has 1 aromatic rings. The first-order chi connectivity index (χ1) is 6.22. The molecule has 0 heterocycles. The van der Waals surface area contributed by atoms with Crippen molar-refractivity contribution in [2.24, 2.45) is 0 Å². The quantitative estimate of drug-likeness (QED) is 0.717. The van der Waals surface area contributed by atoms with Crippen LogP contribution in [0, 0.1) is 0 Å². The third kappa shape index (κ3) is 3.42. The van der Waals surface area contributed by atoms with Gasteiger partial charge in [0.15, 0.2) is 0 Å². The second-order valence-corrected chi connectivity index (χ2v) is 2.59. The number of rotatable bonds is 4. The van der Waals surface area contributed by atoms with Crippen molar-refractivity contribution < 1.29 is 14.8 Å². The molecule has 4 heteroatoms. The van der Waals surface area contributed by atoms with Gasteiger partial charge in [0.1, 0.15) is 5.75 Å². The molecule has 1 rings (SSSR count). The standard InChI is InChI=1S/C9H13NO3/c1-10(11)13-7-8-3-5-9(12-2)6-4-8/h3-6,11H,7H2,1-2H3. The van der Waals surface area contributed by atoms with Crippen LogP contribution in [-0.4, -0.2) is 24.6 Å². The molecule has 0 radical (unpaired) electrons. The summed E-state index contributed by atoms with van der Waals surface area (Å²) in [5.41, 5.74) is 0.974. The van der Waals surface area contributed by atoms with Crippen LogP contribution >= 0.6 is 0 Å². The molecule has 0 bridgehead atoms. The van der Waals surface area contributed by atoms with Crippen molar-refractivity contribution in [3.63, 3.8) is 0 Å². The average molecular weight is 183 g/mol. The molecule has 1 aromatic carbocycles. The highest BCUT2D eigenvalue weighted by Gasteiger charge is 1.96. The highest BCUT2D eigenvalue weighted by molar-refractivity contribution is 5.26. The minimum absolute atomic E-state index is 0.344. The molecule has 0 aliphatic heterocycles. The molecule has 13 heavy (non-hydrogen) atoms. The van der Waals surface area contributed by atoms with Gasteiger partial charge in [-0.1, -0.05) is 17.4 Å². The van der Waals surface area contributed by atoms with Crippen molar-refractivity contribution in [3.8, 4) is 5.75 Å². The Bertz CT molecular complexity index is 246. The van der Waals surface area contributed by atoms with Gasteiger partial charge in [-0.3, -0.25) is 10.0 Å². The van der Waals surface area contributed by atoms with Crippen molar-refractivity contribution >= 4 is 0 Å². The molecule has 4 nitrogen and oxygen atoms in total. The van der Waals surface area contributed by atoms with E-state index < -0.39 is 0 Å². The van der Waals surface area contributed by atoms with E-state index in [0.29, 0.717) is 11.8 Å². The number of hydrogen-bond acceptors (Lipinski definition) is 4. The molecule has 0 aromatic heterocycles. The zero-order chi connectivity index (χ0) is 9.68. The minimum atomic E-state index is 0.344. The van der Waals surface area contributed by atoms with E-state index in [1.54, 1.807) is 7.11 Å². The predicted molar refractivity (Wildman–Crippen MR) is 47.3 cm³/mol. The second kappa shape index (κ2) is 4.81.